The minimum absolute atomic E-state index is 0.606. The summed E-state index contributed by atoms with van der Waals surface area (Å²) in [5, 5.41) is 4.55. The lowest BCUT2D eigenvalue weighted by atomic mass is 10.1. The number of nitrogens with one attached hydrogen (secondary N) is 1. The van der Waals surface area contributed by atoms with E-state index in [9.17, 15) is 0 Å². The van der Waals surface area contributed by atoms with Gasteiger partial charge in [0.15, 0.2) is 0 Å². The van der Waals surface area contributed by atoms with E-state index in [1.54, 1.807) is 13.4 Å². The first kappa shape index (κ1) is 10.3. The Bertz CT molecular complexity index is 479. The van der Waals surface area contributed by atoms with Gasteiger partial charge in [-0.25, -0.2) is 0 Å². The van der Waals surface area contributed by atoms with Crippen LogP contribution < -0.4 is 10.1 Å². The van der Waals surface area contributed by atoms with E-state index in [0.29, 0.717) is 17.3 Å². The first-order valence-electron chi connectivity index (χ1n) is 4.65. The molecule has 2 aromatic rings. The van der Waals surface area contributed by atoms with Gasteiger partial charge in [-0.15, -0.1) is 0 Å². The third kappa shape index (κ3) is 1.68. The van der Waals surface area contributed by atoms with Crippen LogP contribution >= 0.6 is 11.6 Å². The van der Waals surface area contributed by atoms with Crippen LogP contribution in [0.5, 0.6) is 5.75 Å². The van der Waals surface area contributed by atoms with Gasteiger partial charge in [0.25, 0.3) is 0 Å². The molecule has 1 N–H and O–H groups in total. The van der Waals surface area contributed by atoms with Gasteiger partial charge in [-0.3, -0.25) is 0 Å². The van der Waals surface area contributed by atoms with Crippen LogP contribution in [0.1, 0.15) is 5.56 Å². The van der Waals surface area contributed by atoms with Crippen LogP contribution in [-0.4, -0.2) is 14.2 Å². The van der Waals surface area contributed by atoms with Gasteiger partial charge in [-0.1, -0.05) is 11.6 Å². The number of hydrogen-bond acceptors (Lipinski definition) is 3. The van der Waals surface area contributed by atoms with Crippen molar-refractivity contribution in [3.63, 3.8) is 0 Å². The fourth-order valence-electron chi connectivity index (χ4n) is 1.64. The Balaban J connectivity index is 2.67. The number of furan rings is 1. The summed E-state index contributed by atoms with van der Waals surface area (Å²) < 4.78 is 10.6. The molecule has 1 aromatic carbocycles. The predicted molar refractivity (Wildman–Crippen MR) is 60.5 cm³/mol. The molecule has 1 heterocycles. The Hall–Kier alpha value is -1.19. The van der Waals surface area contributed by atoms with Crippen molar-refractivity contribution in [3.8, 4) is 5.75 Å². The van der Waals surface area contributed by atoms with Crippen LogP contribution in [0.25, 0.3) is 11.0 Å². The lowest BCUT2D eigenvalue weighted by Gasteiger charge is -2.10. The summed E-state index contributed by atoms with van der Waals surface area (Å²) in [4.78, 5) is 0. The van der Waals surface area contributed by atoms with E-state index in [1.807, 2.05) is 19.2 Å². The van der Waals surface area contributed by atoms with Crippen LogP contribution in [0.3, 0.4) is 0 Å². The molecule has 0 aliphatic rings. The number of benzene rings is 1. The normalized spacial score (nSPS) is 10.9. The van der Waals surface area contributed by atoms with Crippen LogP contribution in [0.15, 0.2) is 22.8 Å². The van der Waals surface area contributed by atoms with Crippen LogP contribution in [0, 0.1) is 0 Å². The van der Waals surface area contributed by atoms with Gasteiger partial charge in [0.1, 0.15) is 11.3 Å². The molecule has 1 aromatic heterocycles. The molecule has 0 atom stereocenters. The zero-order valence-electron chi connectivity index (χ0n) is 8.63. The molecule has 0 saturated heterocycles. The summed E-state index contributed by atoms with van der Waals surface area (Å²) in [6.07, 6.45) is 1.62. The number of ether oxygens (including phenoxy) is 1. The zero-order chi connectivity index (χ0) is 10.8. The largest absolute Gasteiger partial charge is 0.495 e. The molecule has 0 radical (unpaired) electrons. The molecule has 2 rings (SSSR count). The lowest BCUT2D eigenvalue weighted by Crippen LogP contribution is -2.06. The molecule has 0 bridgehead atoms. The molecule has 0 fully saturated rings. The molecule has 0 spiro atoms. The maximum Gasteiger partial charge on any atom is 0.142 e. The predicted octanol–water partition coefficient (Wildman–Crippen LogP) is 2.81. The van der Waals surface area contributed by atoms with E-state index in [1.165, 1.54) is 0 Å². The Labute approximate surface area is 93.0 Å². The smallest absolute Gasteiger partial charge is 0.142 e. The number of rotatable bonds is 3. The number of hydrogen-bond donors (Lipinski definition) is 1. The Morgan fingerprint density at radius 2 is 2.33 bits per heavy atom. The van der Waals surface area contributed by atoms with Gasteiger partial charge in [-0.05, 0) is 19.2 Å². The summed E-state index contributed by atoms with van der Waals surface area (Å²) in [5.41, 5.74) is 1.78. The average Bonchev–Trinajstić information content (AvgIpc) is 2.67. The highest BCUT2D eigenvalue weighted by Crippen LogP contribution is 2.36. The second-order valence-electron chi connectivity index (χ2n) is 3.25. The van der Waals surface area contributed by atoms with E-state index in [0.717, 1.165) is 16.5 Å². The molecule has 0 saturated carbocycles. The average molecular weight is 226 g/mol. The first-order chi connectivity index (χ1) is 7.27. The van der Waals surface area contributed by atoms with Crippen molar-refractivity contribution in [2.45, 2.75) is 6.54 Å². The fourth-order valence-corrected chi connectivity index (χ4v) is 2.00. The maximum atomic E-state index is 6.21. The first-order valence-corrected chi connectivity index (χ1v) is 5.03. The van der Waals surface area contributed by atoms with Gasteiger partial charge in [0.2, 0.25) is 0 Å². The number of methoxy groups -OCH3 is 1. The topological polar surface area (TPSA) is 34.4 Å². The van der Waals surface area contributed by atoms with E-state index >= 15 is 0 Å². The van der Waals surface area contributed by atoms with Crippen molar-refractivity contribution < 1.29 is 9.15 Å². The highest BCUT2D eigenvalue weighted by molar-refractivity contribution is 6.37. The maximum absolute atomic E-state index is 6.21. The van der Waals surface area contributed by atoms with E-state index in [4.69, 9.17) is 20.8 Å². The van der Waals surface area contributed by atoms with Gasteiger partial charge >= 0.3 is 0 Å². The third-order valence-electron chi connectivity index (χ3n) is 2.30. The SMILES string of the molecule is CNCc1cc2occc2c(Cl)c1OC. The summed E-state index contributed by atoms with van der Waals surface area (Å²) in [5.74, 6) is 0.708. The molecule has 0 aliphatic carbocycles. The van der Waals surface area contributed by atoms with Gasteiger partial charge < -0.3 is 14.5 Å². The van der Waals surface area contributed by atoms with E-state index in [2.05, 4.69) is 5.32 Å². The molecular weight excluding hydrogens is 214 g/mol. The molecular formula is C11H12ClNO2. The van der Waals surface area contributed by atoms with Gasteiger partial charge in [0.05, 0.1) is 18.4 Å². The van der Waals surface area contributed by atoms with Crippen LogP contribution in [0.2, 0.25) is 5.02 Å². The van der Waals surface area contributed by atoms with Crippen molar-refractivity contribution in [1.82, 2.24) is 5.32 Å². The molecule has 0 unspecified atom stereocenters. The molecule has 0 aliphatic heterocycles. The van der Waals surface area contributed by atoms with Crippen LogP contribution in [-0.2, 0) is 6.54 Å². The molecule has 3 nitrogen and oxygen atoms in total. The highest BCUT2D eigenvalue weighted by atomic mass is 35.5. The van der Waals surface area contributed by atoms with Crippen molar-refractivity contribution in [2.75, 3.05) is 14.2 Å². The van der Waals surface area contributed by atoms with Crippen molar-refractivity contribution in [3.05, 3.63) is 29.0 Å². The van der Waals surface area contributed by atoms with Gasteiger partial charge in [0, 0.05) is 17.5 Å². The number of halogens is 1. The zero-order valence-corrected chi connectivity index (χ0v) is 9.39. The second kappa shape index (κ2) is 4.13. The standard InChI is InChI=1S/C11H12ClNO2/c1-13-6-7-5-9-8(3-4-15-9)10(12)11(7)14-2/h3-5,13H,6H2,1-2H3. The van der Waals surface area contributed by atoms with Crippen molar-refractivity contribution in [1.29, 1.82) is 0 Å². The van der Waals surface area contributed by atoms with Crippen LogP contribution in [0.4, 0.5) is 0 Å². The summed E-state index contributed by atoms with van der Waals surface area (Å²) in [6.45, 7) is 0.694. The Morgan fingerprint density at radius 1 is 1.53 bits per heavy atom. The fraction of sp³-hybridized carbons (Fsp3) is 0.273. The van der Waals surface area contributed by atoms with Gasteiger partial charge in [-0.2, -0.15) is 0 Å². The quantitative estimate of drug-likeness (QED) is 0.872. The van der Waals surface area contributed by atoms with Crippen molar-refractivity contribution >= 4 is 22.6 Å². The van der Waals surface area contributed by atoms with Crippen molar-refractivity contribution in [2.24, 2.45) is 0 Å². The minimum atomic E-state index is 0.606. The Morgan fingerprint density at radius 3 is 3.00 bits per heavy atom. The summed E-state index contributed by atoms with van der Waals surface area (Å²) >= 11 is 6.21. The lowest BCUT2D eigenvalue weighted by molar-refractivity contribution is 0.409. The van der Waals surface area contributed by atoms with E-state index < -0.39 is 0 Å². The molecule has 0 amide bonds. The summed E-state index contributed by atoms with van der Waals surface area (Å²) in [6, 6.07) is 3.78. The molecule has 4 heteroatoms. The molecule has 15 heavy (non-hydrogen) atoms. The molecule has 80 valence electrons. The number of fused-ring (bicyclic) bond motifs is 1. The minimum Gasteiger partial charge on any atom is -0.495 e. The summed E-state index contributed by atoms with van der Waals surface area (Å²) in [7, 11) is 3.49. The second-order valence-corrected chi connectivity index (χ2v) is 3.62. The monoisotopic (exact) mass is 225 g/mol. The highest BCUT2D eigenvalue weighted by Gasteiger charge is 2.13. The Kier molecular flexibility index (Phi) is 2.84. The van der Waals surface area contributed by atoms with E-state index in [-0.39, 0.29) is 0 Å². The third-order valence-corrected chi connectivity index (χ3v) is 2.67.